The molecular weight excluding hydrogens is 376 g/mol. The van der Waals surface area contributed by atoms with Crippen LogP contribution < -0.4 is 10.6 Å². The fourth-order valence-electron chi connectivity index (χ4n) is 2.40. The van der Waals surface area contributed by atoms with E-state index in [1.165, 1.54) is 6.92 Å². The topological polar surface area (TPSA) is 133 Å². The number of Topliss-reactive ketones (excluding diaryl/α,β-unsaturated/α-hetero) is 1. The molecule has 1 aromatic rings. The van der Waals surface area contributed by atoms with Crippen molar-refractivity contribution in [2.24, 2.45) is 13.0 Å². The maximum absolute atomic E-state index is 12.2. The average Bonchev–Trinajstić information content (AvgIpc) is 2.63. The van der Waals surface area contributed by atoms with Crippen LogP contribution in [-0.2, 0) is 32.6 Å². The van der Waals surface area contributed by atoms with Crippen molar-refractivity contribution in [1.82, 2.24) is 20.4 Å². The standard InChI is InChI=1S/C13H22N4O3.C5H10O2.C2H6/c1-8(2)12(9(3)19)15-13(20)11(14-7-18)5-10-6-17(4)16-10;1-2-3-4-5(6)7;1-2/h6-8,11-12,16H,5H2,1-4H3,(H,14,18)(H,15,20);2-4H2,1H3,(H,6,7);1-2H3. The van der Waals surface area contributed by atoms with Crippen LogP contribution in [0.5, 0.6) is 0 Å². The second-order valence-electron chi connectivity index (χ2n) is 6.76. The van der Waals surface area contributed by atoms with Gasteiger partial charge < -0.3 is 20.8 Å². The average molecular weight is 415 g/mol. The molecule has 0 aromatic carbocycles. The number of hydrogen-bond donors (Lipinski definition) is 4. The number of aromatic nitrogens is 2. The van der Waals surface area contributed by atoms with Crippen LogP contribution in [0.4, 0.5) is 0 Å². The van der Waals surface area contributed by atoms with Crippen molar-refractivity contribution in [2.75, 3.05) is 0 Å². The van der Waals surface area contributed by atoms with E-state index in [2.05, 4.69) is 15.7 Å². The number of carboxylic acid groups (broad SMARTS) is 1. The van der Waals surface area contributed by atoms with Crippen LogP contribution in [-0.4, -0.2) is 51.0 Å². The van der Waals surface area contributed by atoms with Gasteiger partial charge in [0.1, 0.15) is 6.04 Å². The molecule has 4 N–H and O–H groups in total. The Morgan fingerprint density at radius 2 is 1.83 bits per heavy atom. The molecule has 29 heavy (non-hydrogen) atoms. The highest BCUT2D eigenvalue weighted by atomic mass is 16.4. The Labute approximate surface area is 173 Å². The zero-order chi connectivity index (χ0) is 23.0. The molecule has 0 aliphatic heterocycles. The van der Waals surface area contributed by atoms with Crippen LogP contribution in [0.3, 0.4) is 0 Å². The summed E-state index contributed by atoms with van der Waals surface area (Å²) >= 11 is 0. The number of hydrogen-bond acceptors (Lipinski definition) is 4. The molecule has 0 aliphatic carbocycles. The minimum Gasteiger partial charge on any atom is -0.481 e. The van der Waals surface area contributed by atoms with Gasteiger partial charge in [-0.25, -0.2) is 0 Å². The fourth-order valence-corrected chi connectivity index (χ4v) is 2.40. The number of unbranched alkanes of at least 4 members (excludes halogenated alkanes) is 1. The normalized spacial score (nSPS) is 11.9. The Morgan fingerprint density at radius 1 is 1.28 bits per heavy atom. The molecule has 1 aromatic heterocycles. The minimum absolute atomic E-state index is 0.000470. The predicted octanol–water partition coefficient (Wildman–Crippen LogP) is 2.03. The number of H-pyrrole nitrogens is 1. The van der Waals surface area contributed by atoms with Crippen molar-refractivity contribution in [2.45, 2.75) is 79.3 Å². The summed E-state index contributed by atoms with van der Waals surface area (Å²) in [6.45, 7) is 11.1. The first-order chi connectivity index (χ1) is 13.6. The summed E-state index contributed by atoms with van der Waals surface area (Å²) in [6.07, 6.45) is 4.76. The summed E-state index contributed by atoms with van der Waals surface area (Å²) in [6, 6.07) is -1.23. The molecule has 0 fully saturated rings. The molecular formula is C20H38N4O5. The lowest BCUT2D eigenvalue weighted by Crippen LogP contribution is -2.52. The summed E-state index contributed by atoms with van der Waals surface area (Å²) in [5.74, 6) is -1.15. The molecule has 1 heterocycles. The maximum Gasteiger partial charge on any atom is 0.303 e. The molecule has 0 radical (unpaired) electrons. The number of nitrogens with zero attached hydrogens (tertiary/aromatic N) is 1. The Kier molecular flexibility index (Phi) is 16.2. The molecule has 0 aliphatic rings. The van der Waals surface area contributed by atoms with E-state index in [0.29, 0.717) is 19.3 Å². The number of aromatic amines is 1. The lowest BCUT2D eigenvalue weighted by molar-refractivity contribution is -0.137. The second kappa shape index (κ2) is 16.4. The number of aryl methyl sites for hydroxylation is 1. The Hall–Kier alpha value is -2.58. The molecule has 0 bridgehead atoms. The van der Waals surface area contributed by atoms with Gasteiger partial charge >= 0.3 is 5.97 Å². The van der Waals surface area contributed by atoms with Crippen LogP contribution in [0.15, 0.2) is 6.20 Å². The fraction of sp³-hybridized carbons (Fsp3) is 0.700. The number of aliphatic carboxylic acids is 1. The predicted molar refractivity (Wildman–Crippen MR) is 112 cm³/mol. The molecule has 168 valence electrons. The van der Waals surface area contributed by atoms with E-state index in [1.807, 2.05) is 47.9 Å². The molecule has 0 saturated carbocycles. The van der Waals surface area contributed by atoms with E-state index >= 15 is 0 Å². The van der Waals surface area contributed by atoms with Crippen molar-refractivity contribution < 1.29 is 24.3 Å². The number of carbonyl (C=O) groups excluding carboxylic acids is 3. The van der Waals surface area contributed by atoms with Gasteiger partial charge in [-0.3, -0.25) is 23.9 Å². The SMILES string of the molecule is CC.CC(=O)C(NC(=O)C(Cc1cn(C)[nH]1)NC=O)C(C)C.CCCCC(=O)O. The molecule has 1 rings (SSSR count). The van der Waals surface area contributed by atoms with Crippen molar-refractivity contribution >= 4 is 24.1 Å². The van der Waals surface area contributed by atoms with E-state index in [0.717, 1.165) is 18.5 Å². The van der Waals surface area contributed by atoms with E-state index in [4.69, 9.17) is 5.11 Å². The first-order valence-electron chi connectivity index (χ1n) is 10.0. The van der Waals surface area contributed by atoms with Crippen LogP contribution in [0.2, 0.25) is 0 Å². The molecule has 0 spiro atoms. The van der Waals surface area contributed by atoms with E-state index in [9.17, 15) is 19.2 Å². The zero-order valence-electron chi connectivity index (χ0n) is 18.7. The van der Waals surface area contributed by atoms with Crippen molar-refractivity contribution in [3.63, 3.8) is 0 Å². The van der Waals surface area contributed by atoms with Crippen LogP contribution >= 0.6 is 0 Å². The Morgan fingerprint density at radius 3 is 2.14 bits per heavy atom. The van der Waals surface area contributed by atoms with Crippen molar-refractivity contribution in [3.8, 4) is 0 Å². The number of nitrogens with one attached hydrogen (secondary N) is 3. The number of rotatable bonds is 11. The van der Waals surface area contributed by atoms with Crippen molar-refractivity contribution in [3.05, 3.63) is 11.9 Å². The molecule has 2 amide bonds. The Balaban J connectivity index is 0. The summed E-state index contributed by atoms with van der Waals surface area (Å²) in [4.78, 5) is 44.0. The molecule has 0 saturated heterocycles. The third-order valence-electron chi connectivity index (χ3n) is 3.83. The molecule has 9 nitrogen and oxygen atoms in total. The van der Waals surface area contributed by atoms with E-state index in [1.54, 1.807) is 4.68 Å². The lowest BCUT2D eigenvalue weighted by Gasteiger charge is -2.24. The smallest absolute Gasteiger partial charge is 0.303 e. The van der Waals surface area contributed by atoms with Crippen LogP contribution in [0.1, 0.15) is 66.5 Å². The summed E-state index contributed by atoms with van der Waals surface area (Å²) in [7, 11) is 1.83. The van der Waals surface area contributed by atoms with Gasteiger partial charge in [0, 0.05) is 26.1 Å². The van der Waals surface area contributed by atoms with Gasteiger partial charge in [-0.2, -0.15) is 0 Å². The Bertz CT molecular complexity index is 595. The molecule has 2 atom stereocenters. The van der Waals surface area contributed by atoms with Gasteiger partial charge in [0.25, 0.3) is 0 Å². The third-order valence-corrected chi connectivity index (χ3v) is 3.83. The number of ketones is 1. The number of amides is 2. The van der Waals surface area contributed by atoms with Gasteiger partial charge in [-0.1, -0.05) is 41.0 Å². The second-order valence-corrected chi connectivity index (χ2v) is 6.76. The van der Waals surface area contributed by atoms with Crippen LogP contribution in [0.25, 0.3) is 0 Å². The highest BCUT2D eigenvalue weighted by Gasteiger charge is 2.26. The van der Waals surface area contributed by atoms with Crippen LogP contribution in [0, 0.1) is 5.92 Å². The summed E-state index contributed by atoms with van der Waals surface area (Å²) in [5.41, 5.74) is 0.853. The maximum atomic E-state index is 12.2. The largest absolute Gasteiger partial charge is 0.481 e. The minimum atomic E-state index is -0.694. The van der Waals surface area contributed by atoms with E-state index in [-0.39, 0.29) is 17.6 Å². The lowest BCUT2D eigenvalue weighted by atomic mass is 10.00. The highest BCUT2D eigenvalue weighted by Crippen LogP contribution is 2.06. The van der Waals surface area contributed by atoms with Gasteiger partial charge in [-0.05, 0) is 19.3 Å². The zero-order valence-corrected chi connectivity index (χ0v) is 18.7. The number of carbonyl (C=O) groups is 4. The highest BCUT2D eigenvalue weighted by molar-refractivity contribution is 5.90. The quantitative estimate of drug-likeness (QED) is 0.411. The summed E-state index contributed by atoms with van der Waals surface area (Å²) < 4.78 is 1.75. The van der Waals surface area contributed by atoms with Gasteiger partial charge in [0.2, 0.25) is 12.3 Å². The van der Waals surface area contributed by atoms with Gasteiger partial charge in [0.05, 0.1) is 11.7 Å². The molecule has 9 heteroatoms. The van der Waals surface area contributed by atoms with Crippen molar-refractivity contribution in [1.29, 1.82) is 0 Å². The monoisotopic (exact) mass is 414 g/mol. The molecule has 2 unspecified atom stereocenters. The summed E-state index contributed by atoms with van der Waals surface area (Å²) in [5, 5.41) is 16.2. The third kappa shape index (κ3) is 13.3. The first kappa shape index (κ1) is 28.6. The first-order valence-corrected chi connectivity index (χ1v) is 10.0. The van der Waals surface area contributed by atoms with Gasteiger partial charge in [-0.15, -0.1) is 0 Å². The van der Waals surface area contributed by atoms with Gasteiger partial charge in [0.15, 0.2) is 5.78 Å². The van der Waals surface area contributed by atoms with E-state index < -0.39 is 18.1 Å². The number of carboxylic acids is 1.